The molecule has 0 unspecified atom stereocenters. The summed E-state index contributed by atoms with van der Waals surface area (Å²) in [7, 11) is 0. The summed E-state index contributed by atoms with van der Waals surface area (Å²) in [4.78, 5) is 15.9. The number of aromatic nitrogens is 3. The van der Waals surface area contributed by atoms with Gasteiger partial charge in [0, 0.05) is 5.56 Å². The van der Waals surface area contributed by atoms with Crippen molar-refractivity contribution in [3.8, 4) is 0 Å². The topological polar surface area (TPSA) is 84.7 Å². The lowest BCUT2D eigenvalue weighted by atomic mass is 10.0. The monoisotopic (exact) mass is 262 g/mol. The van der Waals surface area contributed by atoms with E-state index in [-0.39, 0.29) is 11.7 Å². The molecule has 0 saturated heterocycles. The van der Waals surface area contributed by atoms with Gasteiger partial charge in [-0.2, -0.15) is 4.98 Å². The number of carbonyl (C=O) groups is 1. The molecule has 1 aromatic heterocycles. The largest absolute Gasteiger partial charge is 0.368 e. The van der Waals surface area contributed by atoms with E-state index < -0.39 is 0 Å². The highest BCUT2D eigenvalue weighted by atomic mass is 32.2. The molecule has 2 aromatic rings. The van der Waals surface area contributed by atoms with Crippen LogP contribution in [0.5, 0.6) is 0 Å². The van der Waals surface area contributed by atoms with Gasteiger partial charge in [-0.3, -0.25) is 4.79 Å². The van der Waals surface area contributed by atoms with Crippen LogP contribution in [0, 0.1) is 13.8 Å². The number of nitrogens with two attached hydrogens (primary N) is 1. The predicted octanol–water partition coefficient (Wildman–Crippen LogP) is 1.98. The van der Waals surface area contributed by atoms with Gasteiger partial charge in [0.1, 0.15) is 0 Å². The van der Waals surface area contributed by atoms with E-state index in [2.05, 4.69) is 15.2 Å². The molecule has 0 aliphatic rings. The van der Waals surface area contributed by atoms with E-state index in [9.17, 15) is 4.79 Å². The molecule has 1 aromatic carbocycles. The molecule has 6 heteroatoms. The Labute approximate surface area is 109 Å². The molecule has 1 heterocycles. The Kier molecular flexibility index (Phi) is 3.66. The fourth-order valence-corrected chi connectivity index (χ4v) is 2.15. The molecule has 0 aliphatic heterocycles. The van der Waals surface area contributed by atoms with Gasteiger partial charge in [0.2, 0.25) is 11.1 Å². The maximum Gasteiger partial charge on any atom is 0.216 e. The summed E-state index contributed by atoms with van der Waals surface area (Å²) in [5.74, 6) is 0.627. The number of ketones is 1. The summed E-state index contributed by atoms with van der Waals surface area (Å²) in [6.45, 7) is 4.02. The molecule has 0 aliphatic carbocycles. The second-order valence-electron chi connectivity index (χ2n) is 4.01. The van der Waals surface area contributed by atoms with Crippen LogP contribution in [0.15, 0.2) is 23.4 Å². The highest BCUT2D eigenvalue weighted by molar-refractivity contribution is 7.99. The van der Waals surface area contributed by atoms with Crippen molar-refractivity contribution in [2.24, 2.45) is 0 Å². The number of Topliss-reactive ketones (excluding diaryl/α,β-unsaturated/α-hetero) is 1. The van der Waals surface area contributed by atoms with Crippen LogP contribution in [0.3, 0.4) is 0 Å². The Bertz CT molecular complexity index is 579. The van der Waals surface area contributed by atoms with Crippen LogP contribution in [0.2, 0.25) is 0 Å². The molecule has 94 valence electrons. The molecule has 0 saturated carbocycles. The summed E-state index contributed by atoms with van der Waals surface area (Å²) in [6, 6.07) is 5.71. The van der Waals surface area contributed by atoms with Crippen LogP contribution in [0.4, 0.5) is 5.95 Å². The van der Waals surface area contributed by atoms with Crippen LogP contribution < -0.4 is 5.73 Å². The minimum atomic E-state index is 0.0615. The van der Waals surface area contributed by atoms with Crippen molar-refractivity contribution in [3.05, 3.63) is 34.9 Å². The molecule has 0 atom stereocenters. The lowest BCUT2D eigenvalue weighted by Gasteiger charge is -2.03. The maximum absolute atomic E-state index is 12.0. The summed E-state index contributed by atoms with van der Waals surface area (Å²) >= 11 is 1.27. The number of carbonyl (C=O) groups excluding carboxylic acids is 1. The molecular formula is C12H14N4OS. The van der Waals surface area contributed by atoms with Gasteiger partial charge in [-0.15, -0.1) is 5.10 Å². The number of anilines is 1. The number of aryl methyl sites for hydroxylation is 2. The SMILES string of the molecule is Cc1ccc(C(=O)CSc2n[nH]c(N)n2)cc1C. The van der Waals surface area contributed by atoms with Gasteiger partial charge in [0.25, 0.3) is 0 Å². The number of hydrogen-bond acceptors (Lipinski definition) is 5. The molecule has 0 fully saturated rings. The predicted molar refractivity (Wildman–Crippen MR) is 71.8 cm³/mol. The Morgan fingerprint density at radius 1 is 1.39 bits per heavy atom. The first-order valence-electron chi connectivity index (χ1n) is 5.47. The number of H-pyrrole nitrogens is 1. The molecular weight excluding hydrogens is 248 g/mol. The van der Waals surface area contributed by atoms with E-state index >= 15 is 0 Å². The van der Waals surface area contributed by atoms with Crippen LogP contribution in [-0.2, 0) is 0 Å². The molecule has 0 radical (unpaired) electrons. The maximum atomic E-state index is 12.0. The van der Waals surface area contributed by atoms with Gasteiger partial charge < -0.3 is 5.73 Å². The second-order valence-corrected chi connectivity index (χ2v) is 4.96. The molecule has 3 N–H and O–H groups in total. The number of rotatable bonds is 4. The Morgan fingerprint density at radius 3 is 2.78 bits per heavy atom. The number of aromatic amines is 1. The summed E-state index contributed by atoms with van der Waals surface area (Å²) < 4.78 is 0. The number of nitrogens with zero attached hydrogens (tertiary/aromatic N) is 2. The van der Waals surface area contributed by atoms with Gasteiger partial charge in [-0.05, 0) is 31.0 Å². The third-order valence-electron chi connectivity index (χ3n) is 2.64. The zero-order valence-corrected chi connectivity index (χ0v) is 11.0. The molecule has 2 rings (SSSR count). The third kappa shape index (κ3) is 2.89. The molecule has 0 spiro atoms. The van der Waals surface area contributed by atoms with Crippen molar-refractivity contribution >= 4 is 23.5 Å². The number of nitrogen functional groups attached to an aromatic ring is 1. The zero-order chi connectivity index (χ0) is 13.1. The van der Waals surface area contributed by atoms with Gasteiger partial charge in [0.05, 0.1) is 5.75 Å². The lowest BCUT2D eigenvalue weighted by Crippen LogP contribution is -2.03. The third-order valence-corrected chi connectivity index (χ3v) is 3.49. The summed E-state index contributed by atoms with van der Waals surface area (Å²) in [5.41, 5.74) is 8.42. The first-order chi connectivity index (χ1) is 8.56. The Morgan fingerprint density at radius 2 is 2.17 bits per heavy atom. The van der Waals surface area contributed by atoms with Crippen molar-refractivity contribution < 1.29 is 4.79 Å². The highest BCUT2D eigenvalue weighted by Crippen LogP contribution is 2.16. The fraction of sp³-hybridized carbons (Fsp3) is 0.250. The standard InChI is InChI=1S/C12H14N4OS/c1-7-3-4-9(5-8(7)2)10(17)6-18-12-14-11(13)15-16-12/h3-5H,6H2,1-2H3,(H3,13,14,15,16). The number of benzene rings is 1. The zero-order valence-electron chi connectivity index (χ0n) is 10.2. The van der Waals surface area contributed by atoms with Gasteiger partial charge in [-0.1, -0.05) is 23.9 Å². The van der Waals surface area contributed by atoms with Gasteiger partial charge in [0.15, 0.2) is 5.78 Å². The number of hydrogen-bond donors (Lipinski definition) is 2. The van der Waals surface area contributed by atoms with E-state index in [4.69, 9.17) is 5.73 Å². The second kappa shape index (κ2) is 5.22. The highest BCUT2D eigenvalue weighted by Gasteiger charge is 2.09. The summed E-state index contributed by atoms with van der Waals surface area (Å²) in [5, 5.41) is 6.89. The quantitative estimate of drug-likeness (QED) is 0.650. The first-order valence-corrected chi connectivity index (χ1v) is 6.46. The van der Waals surface area contributed by atoms with Crippen LogP contribution in [0.25, 0.3) is 0 Å². The normalized spacial score (nSPS) is 10.6. The first kappa shape index (κ1) is 12.6. The van der Waals surface area contributed by atoms with E-state index in [1.807, 2.05) is 32.0 Å². The molecule has 0 bridgehead atoms. The molecule has 18 heavy (non-hydrogen) atoms. The van der Waals surface area contributed by atoms with Crippen molar-refractivity contribution in [2.45, 2.75) is 19.0 Å². The van der Waals surface area contributed by atoms with Gasteiger partial charge in [-0.25, -0.2) is 5.10 Å². The van der Waals surface area contributed by atoms with Crippen molar-refractivity contribution in [1.82, 2.24) is 15.2 Å². The van der Waals surface area contributed by atoms with Crippen molar-refractivity contribution in [2.75, 3.05) is 11.5 Å². The van der Waals surface area contributed by atoms with Gasteiger partial charge >= 0.3 is 0 Å². The lowest BCUT2D eigenvalue weighted by molar-refractivity contribution is 0.102. The minimum Gasteiger partial charge on any atom is -0.368 e. The van der Waals surface area contributed by atoms with Crippen molar-refractivity contribution in [1.29, 1.82) is 0 Å². The molecule has 5 nitrogen and oxygen atoms in total. The van der Waals surface area contributed by atoms with Crippen LogP contribution >= 0.6 is 11.8 Å². The molecule has 0 amide bonds. The van der Waals surface area contributed by atoms with E-state index in [1.54, 1.807) is 0 Å². The minimum absolute atomic E-state index is 0.0615. The fourth-order valence-electron chi connectivity index (χ4n) is 1.45. The van der Waals surface area contributed by atoms with E-state index in [0.29, 0.717) is 16.5 Å². The summed E-state index contributed by atoms with van der Waals surface area (Å²) in [6.07, 6.45) is 0. The number of nitrogens with one attached hydrogen (secondary N) is 1. The van der Waals surface area contributed by atoms with Crippen LogP contribution in [-0.4, -0.2) is 26.7 Å². The van der Waals surface area contributed by atoms with Crippen LogP contribution in [0.1, 0.15) is 21.5 Å². The Balaban J connectivity index is 2.01. The smallest absolute Gasteiger partial charge is 0.216 e. The Hall–Kier alpha value is -1.82. The average molecular weight is 262 g/mol. The van der Waals surface area contributed by atoms with Crippen molar-refractivity contribution in [3.63, 3.8) is 0 Å². The van der Waals surface area contributed by atoms with E-state index in [0.717, 1.165) is 5.56 Å². The van der Waals surface area contributed by atoms with E-state index in [1.165, 1.54) is 17.3 Å². The average Bonchev–Trinajstić information content (AvgIpc) is 2.75. The number of thioether (sulfide) groups is 1.